The molecule has 0 saturated heterocycles. The molecule has 1 unspecified atom stereocenters. The van der Waals surface area contributed by atoms with E-state index < -0.39 is 6.04 Å². The number of aromatic amines is 1. The van der Waals surface area contributed by atoms with Crippen molar-refractivity contribution >= 4 is 23.1 Å². The molecule has 2 heterocycles. The molecule has 0 bridgehead atoms. The third-order valence-corrected chi connectivity index (χ3v) is 7.62. The smallest absolute Gasteiger partial charge is 0.239 e. The Morgan fingerprint density at radius 1 is 1.07 bits per heavy atom. The number of amides is 1. The molecule has 0 spiro atoms. The van der Waals surface area contributed by atoms with Gasteiger partial charge in [-0.05, 0) is 30.0 Å². The summed E-state index contributed by atoms with van der Waals surface area (Å²) in [5.41, 5.74) is 4.53. The number of hydrogen-bond acceptors (Lipinski definition) is 8. The summed E-state index contributed by atoms with van der Waals surface area (Å²) in [6.07, 6.45) is 5.05. The normalized spacial score (nSPS) is 17.6. The molecule has 1 atom stereocenters. The van der Waals surface area contributed by atoms with Gasteiger partial charge in [0, 0.05) is 54.2 Å². The topological polar surface area (TPSA) is 118 Å². The summed E-state index contributed by atoms with van der Waals surface area (Å²) < 4.78 is 17.1. The molecule has 3 aromatic rings. The minimum Gasteiger partial charge on any atom is -0.496 e. The van der Waals surface area contributed by atoms with Crippen molar-refractivity contribution in [2.45, 2.75) is 39.2 Å². The van der Waals surface area contributed by atoms with Crippen LogP contribution in [0.1, 0.15) is 44.0 Å². The van der Waals surface area contributed by atoms with Crippen LogP contribution < -0.4 is 29.7 Å². The molecular weight excluding hydrogens is 522 g/mol. The van der Waals surface area contributed by atoms with E-state index in [1.807, 2.05) is 35.2 Å². The first-order valence-corrected chi connectivity index (χ1v) is 13.7. The molecule has 1 aliphatic heterocycles. The summed E-state index contributed by atoms with van der Waals surface area (Å²) in [4.78, 5) is 36.6. The fraction of sp³-hybridized carbons (Fsp3) is 0.387. The van der Waals surface area contributed by atoms with E-state index in [0.717, 1.165) is 22.8 Å². The Labute approximate surface area is 240 Å². The quantitative estimate of drug-likeness (QED) is 0.353. The van der Waals surface area contributed by atoms with E-state index in [-0.39, 0.29) is 23.7 Å². The summed E-state index contributed by atoms with van der Waals surface area (Å²) in [6, 6.07) is 10.8. The van der Waals surface area contributed by atoms with Crippen molar-refractivity contribution in [2.75, 3.05) is 44.6 Å². The molecule has 3 N–H and O–H groups in total. The Kier molecular flexibility index (Phi) is 7.92. The number of benzene rings is 2. The number of imidazole rings is 1. The molecule has 10 nitrogen and oxygen atoms in total. The van der Waals surface area contributed by atoms with Gasteiger partial charge >= 0.3 is 0 Å². The second kappa shape index (κ2) is 11.6. The van der Waals surface area contributed by atoms with E-state index >= 15 is 0 Å². The first kappa shape index (κ1) is 28.1. The highest BCUT2D eigenvalue weighted by atomic mass is 16.5. The molecule has 1 aliphatic carbocycles. The van der Waals surface area contributed by atoms with Crippen LogP contribution in [0.15, 0.2) is 60.2 Å². The van der Waals surface area contributed by atoms with Crippen LogP contribution in [0.5, 0.6) is 17.2 Å². The Hall–Kier alpha value is -4.47. The number of fused-ring (bicyclic) bond motifs is 1. The van der Waals surface area contributed by atoms with Crippen molar-refractivity contribution in [3.05, 3.63) is 71.4 Å². The number of ether oxygens (including phenoxy) is 3. The van der Waals surface area contributed by atoms with Crippen LogP contribution in [0.3, 0.4) is 0 Å². The molecule has 0 fully saturated rings. The molecule has 0 radical (unpaired) electrons. The number of carbonyl (C=O) groups excluding carboxylic acids is 2. The highest BCUT2D eigenvalue weighted by Crippen LogP contribution is 2.51. The Morgan fingerprint density at radius 2 is 1.80 bits per heavy atom. The highest BCUT2D eigenvalue weighted by molar-refractivity contribution is 6.02. The van der Waals surface area contributed by atoms with Gasteiger partial charge in [0.05, 0.1) is 51.6 Å². The lowest BCUT2D eigenvalue weighted by Crippen LogP contribution is -2.42. The lowest BCUT2D eigenvalue weighted by molar-refractivity contribution is -0.120. The number of allylic oxidation sites excluding steroid dienone is 1. The van der Waals surface area contributed by atoms with Gasteiger partial charge in [0.2, 0.25) is 5.91 Å². The minimum absolute atomic E-state index is 0.0112. The van der Waals surface area contributed by atoms with Crippen molar-refractivity contribution in [3.8, 4) is 17.2 Å². The maximum Gasteiger partial charge on any atom is 0.239 e. The zero-order valence-electron chi connectivity index (χ0n) is 24.2. The largest absolute Gasteiger partial charge is 0.496 e. The zero-order chi connectivity index (χ0) is 29.1. The van der Waals surface area contributed by atoms with Crippen LogP contribution in [0, 0.1) is 5.41 Å². The van der Waals surface area contributed by atoms with Crippen LogP contribution in [0.2, 0.25) is 0 Å². The van der Waals surface area contributed by atoms with Crippen molar-refractivity contribution in [1.29, 1.82) is 0 Å². The van der Waals surface area contributed by atoms with Crippen molar-refractivity contribution in [3.63, 3.8) is 0 Å². The molecule has 5 rings (SSSR count). The standard InChI is InChI=1S/C31H37N5O5/c1-31(2)14-22-29(24(37)15-31)30(20-12-26(40-4)27(41-5)13-25(20)39-3)36(23-9-7-6-8-21(23)35-22)17-28(38)33-11-10-19-16-32-18-34-19/h6-9,12-13,16,18,30,35H,10-11,14-15,17H2,1-5H3,(H,32,34)(H,33,38). The fourth-order valence-electron chi connectivity index (χ4n) is 5.79. The van der Waals surface area contributed by atoms with E-state index in [9.17, 15) is 9.59 Å². The van der Waals surface area contributed by atoms with E-state index in [0.29, 0.717) is 54.2 Å². The molecule has 1 amide bonds. The van der Waals surface area contributed by atoms with E-state index in [2.05, 4.69) is 34.4 Å². The van der Waals surface area contributed by atoms with Gasteiger partial charge in [0.25, 0.3) is 0 Å². The maximum absolute atomic E-state index is 14.0. The lowest BCUT2D eigenvalue weighted by Gasteiger charge is -2.38. The van der Waals surface area contributed by atoms with Crippen LogP contribution >= 0.6 is 0 Å². The number of Topliss-reactive ketones (excluding diaryl/α,β-unsaturated/α-hetero) is 1. The van der Waals surface area contributed by atoms with Gasteiger partial charge < -0.3 is 34.7 Å². The second-order valence-corrected chi connectivity index (χ2v) is 11.1. The SMILES string of the molecule is COc1cc(OC)c(C2C3=C(CC(C)(C)CC3=O)Nc3ccccc3N2CC(=O)NCCc2cnc[nH]2)cc1OC. The molecule has 41 heavy (non-hydrogen) atoms. The summed E-state index contributed by atoms with van der Waals surface area (Å²) >= 11 is 0. The second-order valence-electron chi connectivity index (χ2n) is 11.1. The number of nitrogens with one attached hydrogen (secondary N) is 3. The lowest BCUT2D eigenvalue weighted by atomic mass is 9.73. The summed E-state index contributed by atoms with van der Waals surface area (Å²) in [5.74, 6) is 1.40. The minimum atomic E-state index is -0.627. The number of para-hydroxylation sites is 2. The number of methoxy groups -OCH3 is 3. The van der Waals surface area contributed by atoms with E-state index in [1.54, 1.807) is 39.9 Å². The van der Waals surface area contributed by atoms with E-state index in [1.165, 1.54) is 0 Å². The summed E-state index contributed by atoms with van der Waals surface area (Å²) in [7, 11) is 4.72. The third-order valence-electron chi connectivity index (χ3n) is 7.62. The first-order chi connectivity index (χ1) is 19.7. The van der Waals surface area contributed by atoms with Crippen molar-refractivity contribution in [2.24, 2.45) is 5.41 Å². The molecular formula is C31H37N5O5. The summed E-state index contributed by atoms with van der Waals surface area (Å²) in [5, 5.41) is 6.61. The number of rotatable bonds is 9. The molecule has 216 valence electrons. The van der Waals surface area contributed by atoms with Gasteiger partial charge in [-0.15, -0.1) is 0 Å². The van der Waals surface area contributed by atoms with Crippen LogP contribution in [0.4, 0.5) is 11.4 Å². The molecule has 1 aromatic heterocycles. The number of H-pyrrole nitrogens is 1. The predicted molar refractivity (Wildman–Crippen MR) is 157 cm³/mol. The van der Waals surface area contributed by atoms with Crippen LogP contribution in [0.25, 0.3) is 0 Å². The maximum atomic E-state index is 14.0. The number of carbonyl (C=O) groups is 2. The number of ketones is 1. The van der Waals surface area contributed by atoms with Gasteiger partial charge in [0.1, 0.15) is 5.75 Å². The summed E-state index contributed by atoms with van der Waals surface area (Å²) in [6.45, 7) is 4.66. The average molecular weight is 560 g/mol. The van der Waals surface area contributed by atoms with E-state index in [4.69, 9.17) is 14.2 Å². The van der Waals surface area contributed by atoms with Gasteiger partial charge in [0.15, 0.2) is 17.3 Å². The number of nitrogens with zero attached hydrogens (tertiary/aromatic N) is 2. The Balaban J connectivity index is 1.64. The zero-order valence-corrected chi connectivity index (χ0v) is 24.2. The van der Waals surface area contributed by atoms with Gasteiger partial charge in [-0.25, -0.2) is 4.98 Å². The monoisotopic (exact) mass is 559 g/mol. The molecule has 2 aromatic carbocycles. The number of anilines is 2. The number of hydrogen-bond donors (Lipinski definition) is 3. The molecule has 10 heteroatoms. The Bertz CT molecular complexity index is 1460. The Morgan fingerprint density at radius 3 is 2.51 bits per heavy atom. The van der Waals surface area contributed by atoms with Crippen LogP contribution in [-0.4, -0.2) is 56.1 Å². The van der Waals surface area contributed by atoms with Crippen molar-refractivity contribution < 1.29 is 23.8 Å². The average Bonchev–Trinajstić information content (AvgIpc) is 3.42. The molecule has 2 aliphatic rings. The van der Waals surface area contributed by atoms with Gasteiger partial charge in [-0.3, -0.25) is 9.59 Å². The third kappa shape index (κ3) is 5.73. The van der Waals surface area contributed by atoms with Gasteiger partial charge in [-0.2, -0.15) is 0 Å². The fourth-order valence-corrected chi connectivity index (χ4v) is 5.79. The predicted octanol–water partition coefficient (Wildman–Crippen LogP) is 4.41. The van der Waals surface area contributed by atoms with Crippen molar-refractivity contribution in [1.82, 2.24) is 15.3 Å². The highest BCUT2D eigenvalue weighted by Gasteiger charge is 2.43. The van der Waals surface area contributed by atoms with Gasteiger partial charge in [-0.1, -0.05) is 26.0 Å². The number of aromatic nitrogens is 2. The van der Waals surface area contributed by atoms with Crippen LogP contribution in [-0.2, 0) is 16.0 Å². The molecule has 0 saturated carbocycles. The first-order valence-electron chi connectivity index (χ1n) is 13.7.